The number of carbonyl (C=O) groups excluding carboxylic acids is 1. The lowest BCUT2D eigenvalue weighted by Gasteiger charge is -2.23. The number of nitrogens with zero attached hydrogens (tertiary/aromatic N) is 3. The molecule has 0 radical (unpaired) electrons. The van der Waals surface area contributed by atoms with E-state index in [-0.39, 0.29) is 5.91 Å². The molecule has 1 saturated heterocycles. The van der Waals surface area contributed by atoms with Gasteiger partial charge in [-0.05, 0) is 43.6 Å². The summed E-state index contributed by atoms with van der Waals surface area (Å²) in [6.07, 6.45) is 1.18. The fraction of sp³-hybridized carbons (Fsp3) is 0.600. The first-order valence-electron chi connectivity index (χ1n) is 9.28. The molecule has 1 aromatic carbocycles. The monoisotopic (exact) mass is 359 g/mol. The van der Waals surface area contributed by atoms with E-state index in [2.05, 4.69) is 34.4 Å². The third-order valence-corrected chi connectivity index (χ3v) is 4.67. The Kier molecular flexibility index (Phi) is 7.03. The number of nitrogens with one attached hydrogen (secondary N) is 2. The predicted molar refractivity (Wildman–Crippen MR) is 107 cm³/mol. The third-order valence-electron chi connectivity index (χ3n) is 4.67. The molecule has 1 heterocycles. The average Bonchev–Trinajstić information content (AvgIpc) is 2.95. The molecule has 0 aliphatic carbocycles. The minimum absolute atomic E-state index is 0.0284. The van der Waals surface area contributed by atoms with Crippen LogP contribution in [0.4, 0.5) is 0 Å². The first-order chi connectivity index (χ1) is 12.3. The molecule has 1 fully saturated rings. The van der Waals surface area contributed by atoms with Gasteiger partial charge < -0.3 is 20.4 Å². The topological polar surface area (TPSA) is 60.0 Å². The van der Waals surface area contributed by atoms with Crippen molar-refractivity contribution in [3.05, 3.63) is 35.4 Å². The van der Waals surface area contributed by atoms with Crippen LogP contribution in [-0.4, -0.2) is 69.0 Å². The summed E-state index contributed by atoms with van der Waals surface area (Å²) in [6, 6.07) is 7.76. The largest absolute Gasteiger partial charge is 0.352 e. The van der Waals surface area contributed by atoms with Crippen LogP contribution in [0.2, 0.25) is 0 Å². The second-order valence-corrected chi connectivity index (χ2v) is 8.00. The lowest BCUT2D eigenvalue weighted by Crippen LogP contribution is -2.40. The predicted octanol–water partition coefficient (Wildman–Crippen LogP) is 1.79. The molecule has 0 unspecified atom stereocenters. The molecular weight excluding hydrogens is 326 g/mol. The summed E-state index contributed by atoms with van der Waals surface area (Å²) in [6.45, 7) is 8.75. The van der Waals surface area contributed by atoms with Gasteiger partial charge in [-0.3, -0.25) is 9.79 Å². The normalized spacial score (nSPS) is 16.8. The summed E-state index contributed by atoms with van der Waals surface area (Å²) in [5.74, 6) is 0.899. The highest BCUT2D eigenvalue weighted by Gasteiger charge is 2.30. The van der Waals surface area contributed by atoms with Crippen LogP contribution >= 0.6 is 0 Å². The molecule has 0 saturated carbocycles. The highest BCUT2D eigenvalue weighted by atomic mass is 16.1. The molecule has 0 atom stereocenters. The summed E-state index contributed by atoms with van der Waals surface area (Å²) >= 11 is 0. The zero-order valence-electron chi connectivity index (χ0n) is 16.8. The number of hydrogen-bond donors (Lipinski definition) is 2. The number of carbonyl (C=O) groups is 1. The second-order valence-electron chi connectivity index (χ2n) is 8.00. The Labute approximate surface area is 157 Å². The van der Waals surface area contributed by atoms with E-state index in [1.807, 2.05) is 50.3 Å². The van der Waals surface area contributed by atoms with Gasteiger partial charge in [0.2, 0.25) is 0 Å². The molecule has 0 spiro atoms. The first kappa shape index (κ1) is 20.2. The Morgan fingerprint density at radius 3 is 2.69 bits per heavy atom. The molecule has 2 N–H and O–H groups in total. The van der Waals surface area contributed by atoms with Crippen molar-refractivity contribution < 1.29 is 4.79 Å². The number of hydrogen-bond acceptors (Lipinski definition) is 3. The number of guanidine groups is 1. The minimum Gasteiger partial charge on any atom is -0.352 e. The van der Waals surface area contributed by atoms with Gasteiger partial charge in [0, 0.05) is 45.3 Å². The van der Waals surface area contributed by atoms with Gasteiger partial charge in [0.05, 0.1) is 0 Å². The number of amides is 1. The van der Waals surface area contributed by atoms with E-state index in [0.29, 0.717) is 24.1 Å². The van der Waals surface area contributed by atoms with Crippen LogP contribution in [0.25, 0.3) is 0 Å². The van der Waals surface area contributed by atoms with Crippen LogP contribution in [0, 0.1) is 5.41 Å². The van der Waals surface area contributed by atoms with Crippen LogP contribution in [0.15, 0.2) is 29.3 Å². The summed E-state index contributed by atoms with van der Waals surface area (Å²) in [5.41, 5.74) is 2.10. The number of benzene rings is 1. The number of likely N-dealkylation sites (N-methyl/N-ethyl adjacent to an activating group) is 1. The Morgan fingerprint density at radius 1 is 1.31 bits per heavy atom. The van der Waals surface area contributed by atoms with Crippen molar-refractivity contribution in [2.75, 3.05) is 47.3 Å². The van der Waals surface area contributed by atoms with E-state index in [9.17, 15) is 4.79 Å². The maximum Gasteiger partial charge on any atom is 0.251 e. The highest BCUT2D eigenvalue weighted by Crippen LogP contribution is 2.28. The van der Waals surface area contributed by atoms with Crippen LogP contribution in [0.5, 0.6) is 0 Å². The first-order valence-corrected chi connectivity index (χ1v) is 9.28. The molecule has 1 aliphatic rings. The lowest BCUT2D eigenvalue weighted by molar-refractivity contribution is 0.0951. The molecule has 6 heteroatoms. The average molecular weight is 360 g/mol. The van der Waals surface area contributed by atoms with Crippen molar-refractivity contribution in [3.8, 4) is 0 Å². The van der Waals surface area contributed by atoms with Crippen molar-refractivity contribution in [1.82, 2.24) is 20.4 Å². The SMILES string of the molecule is CN=C(NCc1cccc(C(=O)NCCN(C)C)c1)N1CCC(C)(C)C1. The van der Waals surface area contributed by atoms with Gasteiger partial charge in [0.1, 0.15) is 0 Å². The summed E-state index contributed by atoms with van der Waals surface area (Å²) in [7, 11) is 5.81. The quantitative estimate of drug-likeness (QED) is 0.600. The van der Waals surface area contributed by atoms with Gasteiger partial charge in [-0.15, -0.1) is 0 Å². The van der Waals surface area contributed by atoms with E-state index in [1.165, 1.54) is 6.42 Å². The van der Waals surface area contributed by atoms with Crippen LogP contribution in [-0.2, 0) is 6.54 Å². The van der Waals surface area contributed by atoms with Gasteiger partial charge >= 0.3 is 0 Å². The van der Waals surface area contributed by atoms with Gasteiger partial charge in [0.15, 0.2) is 5.96 Å². The van der Waals surface area contributed by atoms with E-state index in [0.717, 1.165) is 31.2 Å². The van der Waals surface area contributed by atoms with Crippen molar-refractivity contribution >= 4 is 11.9 Å². The smallest absolute Gasteiger partial charge is 0.251 e. The van der Waals surface area contributed by atoms with Crippen molar-refractivity contribution in [3.63, 3.8) is 0 Å². The van der Waals surface area contributed by atoms with Gasteiger partial charge in [0.25, 0.3) is 5.91 Å². The Bertz CT molecular complexity index is 639. The second kappa shape index (κ2) is 9.03. The maximum absolute atomic E-state index is 12.3. The Morgan fingerprint density at radius 2 is 2.08 bits per heavy atom. The third kappa shape index (κ3) is 6.02. The van der Waals surface area contributed by atoms with E-state index >= 15 is 0 Å². The summed E-state index contributed by atoms with van der Waals surface area (Å²) < 4.78 is 0. The minimum atomic E-state index is -0.0284. The molecule has 2 rings (SSSR count). The number of rotatable bonds is 6. The molecular formula is C20H33N5O. The van der Waals surface area contributed by atoms with Crippen LogP contribution < -0.4 is 10.6 Å². The number of likely N-dealkylation sites (tertiary alicyclic amines) is 1. The number of aliphatic imine (C=N–C) groups is 1. The standard InChI is InChI=1S/C20H33N5O/c1-20(2)9-11-25(15-20)19(21-3)23-14-16-7-6-8-17(13-16)18(26)22-10-12-24(4)5/h6-8,13H,9-12,14-15H2,1-5H3,(H,21,23)(H,22,26). The fourth-order valence-electron chi connectivity index (χ4n) is 3.12. The van der Waals surface area contributed by atoms with E-state index in [1.54, 1.807) is 0 Å². The Balaban J connectivity index is 1.90. The molecule has 6 nitrogen and oxygen atoms in total. The zero-order chi connectivity index (χ0) is 19.2. The molecule has 0 bridgehead atoms. The molecule has 26 heavy (non-hydrogen) atoms. The molecule has 1 aliphatic heterocycles. The summed E-state index contributed by atoms with van der Waals surface area (Å²) in [4.78, 5) is 21.0. The van der Waals surface area contributed by atoms with Crippen molar-refractivity contribution in [2.45, 2.75) is 26.8 Å². The summed E-state index contributed by atoms with van der Waals surface area (Å²) in [5, 5.41) is 6.38. The van der Waals surface area contributed by atoms with Crippen molar-refractivity contribution in [1.29, 1.82) is 0 Å². The van der Waals surface area contributed by atoms with Crippen molar-refractivity contribution in [2.24, 2.45) is 10.4 Å². The zero-order valence-corrected chi connectivity index (χ0v) is 16.8. The molecule has 0 aromatic heterocycles. The van der Waals surface area contributed by atoms with Crippen LogP contribution in [0.3, 0.4) is 0 Å². The van der Waals surface area contributed by atoms with Crippen LogP contribution in [0.1, 0.15) is 36.2 Å². The maximum atomic E-state index is 12.3. The fourth-order valence-corrected chi connectivity index (χ4v) is 3.12. The molecule has 1 aromatic rings. The lowest BCUT2D eigenvalue weighted by atomic mass is 9.93. The molecule has 144 valence electrons. The molecule has 1 amide bonds. The van der Waals surface area contributed by atoms with E-state index < -0.39 is 0 Å². The van der Waals surface area contributed by atoms with Gasteiger partial charge in [-0.1, -0.05) is 26.0 Å². The Hall–Kier alpha value is -2.08. The van der Waals surface area contributed by atoms with E-state index in [4.69, 9.17) is 0 Å². The van der Waals surface area contributed by atoms with Gasteiger partial charge in [-0.2, -0.15) is 0 Å². The highest BCUT2D eigenvalue weighted by molar-refractivity contribution is 5.94. The van der Waals surface area contributed by atoms with Gasteiger partial charge in [-0.25, -0.2) is 0 Å².